The number of hydrogen-bond acceptors (Lipinski definition) is 7. The lowest BCUT2D eigenvalue weighted by molar-refractivity contribution is 0.302. The fraction of sp³-hybridized carbons (Fsp3) is 0.120. The van der Waals surface area contributed by atoms with Crippen molar-refractivity contribution in [1.29, 1.82) is 0 Å². The molecule has 0 spiro atoms. The number of pyridine rings is 3. The van der Waals surface area contributed by atoms with Crippen molar-refractivity contribution in [3.05, 3.63) is 99.1 Å². The molecule has 1 atom stereocenters. The Hall–Kier alpha value is -3.75. The first kappa shape index (κ1) is 22.1. The third-order valence-corrected chi connectivity index (χ3v) is 6.36. The number of benzene rings is 1. The van der Waals surface area contributed by atoms with Crippen LogP contribution in [0.3, 0.4) is 0 Å². The van der Waals surface area contributed by atoms with Crippen LogP contribution in [0.5, 0.6) is 5.75 Å². The molecule has 0 aliphatic rings. The van der Waals surface area contributed by atoms with E-state index in [2.05, 4.69) is 25.3 Å². The second-order valence-electron chi connectivity index (χ2n) is 7.68. The van der Waals surface area contributed by atoms with Gasteiger partial charge in [-0.15, -0.1) is 11.3 Å². The van der Waals surface area contributed by atoms with Gasteiger partial charge >= 0.3 is 0 Å². The van der Waals surface area contributed by atoms with E-state index in [1.54, 1.807) is 30.7 Å². The van der Waals surface area contributed by atoms with Crippen molar-refractivity contribution in [2.45, 2.75) is 19.6 Å². The quantitative estimate of drug-likeness (QED) is 0.298. The molecule has 1 aromatic carbocycles. The number of aromatic amines is 1. The lowest BCUT2D eigenvalue weighted by atomic mass is 10.1. The van der Waals surface area contributed by atoms with Crippen molar-refractivity contribution < 1.29 is 4.74 Å². The van der Waals surface area contributed by atoms with Crippen LogP contribution in [-0.4, -0.2) is 19.9 Å². The second-order valence-corrected chi connectivity index (χ2v) is 8.94. The summed E-state index contributed by atoms with van der Waals surface area (Å²) >= 11 is 7.95. The van der Waals surface area contributed by atoms with Crippen molar-refractivity contribution in [1.82, 2.24) is 19.9 Å². The van der Waals surface area contributed by atoms with Crippen molar-refractivity contribution in [3.8, 4) is 17.0 Å². The number of fused-ring (bicyclic) bond motifs is 1. The molecular formula is C25H20ClN5O2S. The van der Waals surface area contributed by atoms with Gasteiger partial charge in [-0.05, 0) is 43.3 Å². The van der Waals surface area contributed by atoms with Crippen LogP contribution in [0.4, 0.5) is 5.13 Å². The number of rotatable bonds is 7. The molecule has 9 heteroatoms. The fourth-order valence-electron chi connectivity index (χ4n) is 3.54. The molecule has 1 unspecified atom stereocenters. The van der Waals surface area contributed by atoms with Crippen molar-refractivity contribution in [3.63, 3.8) is 0 Å². The SMILES string of the molecule is CC(Nc1nc(-c2cccnc2)cs1)c1cc2cc(Cl)c(OCc3ccccn3)cc2[nH]c1=O. The predicted octanol–water partition coefficient (Wildman–Crippen LogP) is 5.85. The van der Waals surface area contributed by atoms with Gasteiger partial charge in [-0.25, -0.2) is 4.98 Å². The van der Waals surface area contributed by atoms with Gasteiger partial charge in [0.05, 0.1) is 28.0 Å². The Balaban J connectivity index is 1.36. The van der Waals surface area contributed by atoms with E-state index in [-0.39, 0.29) is 18.2 Å². The third-order valence-electron chi connectivity index (χ3n) is 5.30. The number of nitrogens with zero attached hydrogens (tertiary/aromatic N) is 3. The second kappa shape index (κ2) is 9.62. The summed E-state index contributed by atoms with van der Waals surface area (Å²) < 4.78 is 5.83. The maximum Gasteiger partial charge on any atom is 0.253 e. The Morgan fingerprint density at radius 1 is 1.18 bits per heavy atom. The molecule has 0 saturated heterocycles. The van der Waals surface area contributed by atoms with Gasteiger partial charge in [-0.2, -0.15) is 0 Å². The van der Waals surface area contributed by atoms with Crippen LogP contribution in [0.25, 0.3) is 22.2 Å². The molecule has 0 bridgehead atoms. The zero-order valence-electron chi connectivity index (χ0n) is 18.2. The Kier molecular flexibility index (Phi) is 6.24. The molecule has 0 fully saturated rings. The molecule has 0 radical (unpaired) electrons. The van der Waals surface area contributed by atoms with Gasteiger partial charge in [0.1, 0.15) is 12.4 Å². The molecular weight excluding hydrogens is 470 g/mol. The topological polar surface area (TPSA) is 92.8 Å². The van der Waals surface area contributed by atoms with Crippen LogP contribution in [0.1, 0.15) is 24.2 Å². The van der Waals surface area contributed by atoms with Gasteiger partial charge in [-0.1, -0.05) is 17.7 Å². The maximum atomic E-state index is 12.9. The van der Waals surface area contributed by atoms with Gasteiger partial charge in [-0.3, -0.25) is 14.8 Å². The minimum Gasteiger partial charge on any atom is -0.486 e. The number of aromatic nitrogens is 4. The number of halogens is 1. The first-order valence-electron chi connectivity index (χ1n) is 10.6. The molecule has 7 nitrogen and oxygen atoms in total. The highest BCUT2D eigenvalue weighted by molar-refractivity contribution is 7.14. The summed E-state index contributed by atoms with van der Waals surface area (Å²) in [5.74, 6) is 0.486. The smallest absolute Gasteiger partial charge is 0.253 e. The molecule has 4 aromatic heterocycles. The van der Waals surface area contributed by atoms with Crippen molar-refractivity contribution in [2.24, 2.45) is 0 Å². The predicted molar refractivity (Wildman–Crippen MR) is 136 cm³/mol. The number of ether oxygens (including phenoxy) is 1. The highest BCUT2D eigenvalue weighted by Gasteiger charge is 2.15. The van der Waals surface area contributed by atoms with Gasteiger partial charge in [0.2, 0.25) is 0 Å². The first-order valence-corrected chi connectivity index (χ1v) is 11.8. The average Bonchev–Trinajstić information content (AvgIpc) is 3.32. The van der Waals surface area contributed by atoms with Crippen LogP contribution in [-0.2, 0) is 6.61 Å². The summed E-state index contributed by atoms with van der Waals surface area (Å²) in [6, 6.07) is 14.6. The van der Waals surface area contributed by atoms with Crippen molar-refractivity contribution >= 4 is 39.0 Å². The summed E-state index contributed by atoms with van der Waals surface area (Å²) in [5.41, 5.74) is 3.62. The molecule has 2 N–H and O–H groups in total. The van der Waals surface area contributed by atoms with Gasteiger partial charge in [0, 0.05) is 46.6 Å². The minimum atomic E-state index is -0.264. The Morgan fingerprint density at radius 2 is 2.09 bits per heavy atom. The highest BCUT2D eigenvalue weighted by Crippen LogP contribution is 2.31. The summed E-state index contributed by atoms with van der Waals surface area (Å²) in [5, 5.41) is 7.28. The minimum absolute atomic E-state index is 0.186. The zero-order valence-corrected chi connectivity index (χ0v) is 19.7. The lowest BCUT2D eigenvalue weighted by Crippen LogP contribution is -2.19. The van der Waals surface area contributed by atoms with Crippen molar-refractivity contribution in [2.75, 3.05) is 5.32 Å². The van der Waals surface area contributed by atoms with E-state index >= 15 is 0 Å². The Labute approximate surface area is 204 Å². The number of thiazole rings is 1. The molecule has 0 aliphatic carbocycles. The van der Waals surface area contributed by atoms with E-state index in [1.165, 1.54) is 11.3 Å². The summed E-state index contributed by atoms with van der Waals surface area (Å²) in [4.78, 5) is 28.8. The standard InChI is InChI=1S/C25H20ClN5O2S/c1-15(29-25-31-22(14-34-25)16-5-4-7-27-12-16)19-9-17-10-20(26)23(11-21(17)30-24(19)32)33-13-18-6-2-3-8-28-18/h2-12,14-15H,13H2,1H3,(H,29,31)(H,30,32). The molecule has 0 aliphatic heterocycles. The third kappa shape index (κ3) is 4.78. The molecule has 0 amide bonds. The van der Waals surface area contributed by atoms with E-state index in [1.807, 2.05) is 48.7 Å². The van der Waals surface area contributed by atoms with Crippen LogP contribution < -0.4 is 15.6 Å². The summed E-state index contributed by atoms with van der Waals surface area (Å²) in [7, 11) is 0. The summed E-state index contributed by atoms with van der Waals surface area (Å²) in [6.45, 7) is 2.21. The monoisotopic (exact) mass is 489 g/mol. The van der Waals surface area contributed by atoms with Crippen LogP contribution in [0.15, 0.2) is 77.3 Å². The first-order chi connectivity index (χ1) is 16.6. The van der Waals surface area contributed by atoms with Gasteiger partial charge in [0.15, 0.2) is 5.13 Å². The van der Waals surface area contributed by atoms with E-state index < -0.39 is 0 Å². The van der Waals surface area contributed by atoms with Crippen LogP contribution in [0, 0.1) is 0 Å². The molecule has 5 rings (SSSR count). The molecule has 170 valence electrons. The van der Waals surface area contributed by atoms with E-state index in [9.17, 15) is 4.79 Å². The molecule has 34 heavy (non-hydrogen) atoms. The summed E-state index contributed by atoms with van der Waals surface area (Å²) in [6.07, 6.45) is 5.21. The number of hydrogen-bond donors (Lipinski definition) is 2. The molecule has 5 aromatic rings. The lowest BCUT2D eigenvalue weighted by Gasteiger charge is -2.14. The zero-order chi connectivity index (χ0) is 23.5. The Bertz CT molecular complexity index is 1490. The van der Waals surface area contributed by atoms with Gasteiger partial charge < -0.3 is 15.0 Å². The number of H-pyrrole nitrogens is 1. The van der Waals surface area contributed by atoms with E-state index in [4.69, 9.17) is 16.3 Å². The van der Waals surface area contributed by atoms with E-state index in [0.717, 1.165) is 27.5 Å². The van der Waals surface area contributed by atoms with Crippen LogP contribution in [0.2, 0.25) is 5.02 Å². The maximum absolute atomic E-state index is 12.9. The molecule has 4 heterocycles. The van der Waals surface area contributed by atoms with E-state index in [0.29, 0.717) is 21.9 Å². The number of nitrogens with one attached hydrogen (secondary N) is 2. The molecule has 0 saturated carbocycles. The largest absolute Gasteiger partial charge is 0.486 e. The normalized spacial score (nSPS) is 11.9. The highest BCUT2D eigenvalue weighted by atomic mass is 35.5. The van der Waals surface area contributed by atoms with Crippen LogP contribution >= 0.6 is 22.9 Å². The average molecular weight is 490 g/mol. The fourth-order valence-corrected chi connectivity index (χ4v) is 4.58. The van der Waals surface area contributed by atoms with Gasteiger partial charge in [0.25, 0.3) is 5.56 Å². The Morgan fingerprint density at radius 3 is 2.88 bits per heavy atom. The number of anilines is 1.